The molecule has 0 radical (unpaired) electrons. The molecule has 0 bridgehead atoms. The minimum atomic E-state index is -0.738. The van der Waals surface area contributed by atoms with Crippen molar-refractivity contribution in [3.05, 3.63) is 0 Å². The van der Waals surface area contributed by atoms with E-state index in [2.05, 4.69) is 0 Å². The van der Waals surface area contributed by atoms with Crippen molar-refractivity contribution in [3.63, 3.8) is 0 Å². The van der Waals surface area contributed by atoms with Gasteiger partial charge in [0.15, 0.2) is 0 Å². The summed E-state index contributed by atoms with van der Waals surface area (Å²) in [5, 5.41) is 9.75. The molecule has 3 saturated heterocycles. The van der Waals surface area contributed by atoms with E-state index >= 15 is 0 Å². The average molecular weight is 360 g/mol. The van der Waals surface area contributed by atoms with Gasteiger partial charge in [-0.1, -0.05) is 0 Å². The third-order valence-electron chi connectivity index (χ3n) is 5.10. The number of nitrogens with zero attached hydrogens (tertiary/aromatic N) is 1. The molecule has 0 aromatic carbocycles. The van der Waals surface area contributed by atoms with Gasteiger partial charge in [0.05, 0.1) is 12.0 Å². The second-order valence-corrected chi connectivity index (χ2v) is 9.12. The zero-order chi connectivity index (χ0) is 16.2. The van der Waals surface area contributed by atoms with E-state index in [-0.39, 0.29) is 23.8 Å². The number of carboxylic acid groups (broad SMARTS) is 1. The summed E-state index contributed by atoms with van der Waals surface area (Å²) in [7, 11) is 0. The van der Waals surface area contributed by atoms with Gasteiger partial charge in [-0.3, -0.25) is 9.59 Å². The fourth-order valence-corrected chi connectivity index (χ4v) is 6.47. The van der Waals surface area contributed by atoms with E-state index in [1.165, 1.54) is 5.75 Å². The topological polar surface area (TPSA) is 66.8 Å². The van der Waals surface area contributed by atoms with Crippen LogP contribution in [-0.2, 0) is 14.3 Å². The van der Waals surface area contributed by atoms with Gasteiger partial charge in [0.2, 0.25) is 5.91 Å². The minimum Gasteiger partial charge on any atom is -0.481 e. The molecular formula is C16H25NO4S2. The van der Waals surface area contributed by atoms with Crippen molar-refractivity contribution in [2.75, 3.05) is 37.0 Å². The van der Waals surface area contributed by atoms with Gasteiger partial charge >= 0.3 is 5.97 Å². The molecule has 130 valence electrons. The molecule has 0 spiro atoms. The highest BCUT2D eigenvalue weighted by atomic mass is 32.2. The molecule has 0 aromatic heterocycles. The zero-order valence-corrected chi connectivity index (χ0v) is 14.9. The van der Waals surface area contributed by atoms with Crippen LogP contribution < -0.4 is 0 Å². The molecular weight excluding hydrogens is 334 g/mol. The zero-order valence-electron chi connectivity index (χ0n) is 13.3. The Balaban J connectivity index is 1.46. The van der Waals surface area contributed by atoms with Gasteiger partial charge in [-0.2, -0.15) is 23.5 Å². The number of hydrogen-bond acceptors (Lipinski definition) is 5. The summed E-state index contributed by atoms with van der Waals surface area (Å²) in [6.45, 7) is 2.05. The van der Waals surface area contributed by atoms with Crippen molar-refractivity contribution < 1.29 is 19.4 Å². The molecule has 2 unspecified atom stereocenters. The fourth-order valence-electron chi connectivity index (χ4n) is 3.80. The second-order valence-electron chi connectivity index (χ2n) is 6.56. The lowest BCUT2D eigenvalue weighted by Gasteiger charge is -2.36. The van der Waals surface area contributed by atoms with Crippen molar-refractivity contribution in [2.45, 2.75) is 37.0 Å². The summed E-state index contributed by atoms with van der Waals surface area (Å²) >= 11 is 3.87. The van der Waals surface area contributed by atoms with Gasteiger partial charge in [0, 0.05) is 48.6 Å². The van der Waals surface area contributed by atoms with E-state index in [1.54, 1.807) is 0 Å². The van der Waals surface area contributed by atoms with E-state index in [4.69, 9.17) is 4.74 Å². The first-order valence-corrected chi connectivity index (χ1v) is 10.7. The van der Waals surface area contributed by atoms with Crippen LogP contribution in [0, 0.1) is 11.8 Å². The molecule has 0 saturated carbocycles. The molecule has 3 rings (SSSR count). The number of carboxylic acids is 1. The Morgan fingerprint density at radius 1 is 1.17 bits per heavy atom. The molecule has 7 heteroatoms. The predicted octanol–water partition coefficient (Wildman–Crippen LogP) is 1.95. The normalized spacial score (nSPS) is 32.9. The van der Waals surface area contributed by atoms with E-state index in [1.807, 2.05) is 28.4 Å². The van der Waals surface area contributed by atoms with Gasteiger partial charge in [-0.05, 0) is 25.2 Å². The van der Waals surface area contributed by atoms with Gasteiger partial charge in [-0.25, -0.2) is 0 Å². The molecule has 3 heterocycles. The SMILES string of the molecule is O=C(O)C1CCO[C@H]1C1CCN(C(=O)CC2CSCCS2)CC1. The van der Waals surface area contributed by atoms with Gasteiger partial charge in [0.25, 0.3) is 0 Å². The lowest BCUT2D eigenvalue weighted by Crippen LogP contribution is -2.44. The van der Waals surface area contributed by atoms with Crippen LogP contribution in [0.5, 0.6) is 0 Å². The van der Waals surface area contributed by atoms with Crippen LogP contribution >= 0.6 is 23.5 Å². The summed E-state index contributed by atoms with van der Waals surface area (Å²) in [5.74, 6) is 2.89. The summed E-state index contributed by atoms with van der Waals surface area (Å²) in [4.78, 5) is 25.7. The van der Waals surface area contributed by atoms with Crippen molar-refractivity contribution >= 4 is 35.4 Å². The first kappa shape index (κ1) is 17.4. The highest BCUT2D eigenvalue weighted by Crippen LogP contribution is 2.34. The molecule has 3 aliphatic rings. The predicted molar refractivity (Wildman–Crippen MR) is 93.0 cm³/mol. The smallest absolute Gasteiger partial charge is 0.309 e. The summed E-state index contributed by atoms with van der Waals surface area (Å²) in [5.41, 5.74) is 0. The van der Waals surface area contributed by atoms with Crippen LogP contribution in [0.25, 0.3) is 0 Å². The number of thioether (sulfide) groups is 2. The van der Waals surface area contributed by atoms with Gasteiger partial charge < -0.3 is 14.7 Å². The third-order valence-corrected chi connectivity index (χ3v) is 7.94. The van der Waals surface area contributed by atoms with Crippen LogP contribution in [0.1, 0.15) is 25.7 Å². The van der Waals surface area contributed by atoms with Crippen LogP contribution in [0.4, 0.5) is 0 Å². The molecule has 23 heavy (non-hydrogen) atoms. The summed E-state index contributed by atoms with van der Waals surface area (Å²) < 4.78 is 5.69. The molecule has 3 aliphatic heterocycles. The van der Waals surface area contributed by atoms with Crippen molar-refractivity contribution in [1.29, 1.82) is 0 Å². The fraction of sp³-hybridized carbons (Fsp3) is 0.875. The lowest BCUT2D eigenvalue weighted by atomic mass is 9.84. The first-order valence-electron chi connectivity index (χ1n) is 8.46. The van der Waals surface area contributed by atoms with Gasteiger partial charge in [0.1, 0.15) is 0 Å². The number of aliphatic carboxylic acids is 1. The van der Waals surface area contributed by atoms with E-state index < -0.39 is 5.97 Å². The maximum absolute atomic E-state index is 12.4. The summed E-state index contributed by atoms with van der Waals surface area (Å²) in [6.07, 6.45) is 2.85. The monoisotopic (exact) mass is 359 g/mol. The first-order chi connectivity index (χ1) is 11.1. The molecule has 3 fully saturated rings. The summed E-state index contributed by atoms with van der Waals surface area (Å²) in [6, 6.07) is 0. The number of likely N-dealkylation sites (tertiary alicyclic amines) is 1. The number of piperidine rings is 1. The Labute approximate surface area is 145 Å². The lowest BCUT2D eigenvalue weighted by molar-refractivity contribution is -0.146. The van der Waals surface area contributed by atoms with Crippen LogP contribution in [0.3, 0.4) is 0 Å². The quantitative estimate of drug-likeness (QED) is 0.828. The Morgan fingerprint density at radius 3 is 2.61 bits per heavy atom. The number of carbonyl (C=O) groups excluding carboxylic acids is 1. The van der Waals surface area contributed by atoms with Crippen molar-refractivity contribution in [1.82, 2.24) is 4.90 Å². The second kappa shape index (κ2) is 8.12. The van der Waals surface area contributed by atoms with Crippen LogP contribution in [-0.4, -0.2) is 70.2 Å². The number of amides is 1. The van der Waals surface area contributed by atoms with Crippen LogP contribution in [0.2, 0.25) is 0 Å². The Kier molecular flexibility index (Phi) is 6.15. The van der Waals surface area contributed by atoms with E-state index in [0.717, 1.165) is 37.4 Å². The highest BCUT2D eigenvalue weighted by Gasteiger charge is 2.40. The number of hydrogen-bond donors (Lipinski definition) is 1. The minimum absolute atomic E-state index is 0.157. The standard InChI is InChI=1S/C16H25NO4S2/c18-14(9-12-10-22-7-8-23-12)17-4-1-11(2-5-17)15-13(16(19)20)3-6-21-15/h11-13,15H,1-10H2,(H,19,20)/t12?,13?,15-/m0/s1. The molecule has 0 aromatic rings. The van der Waals surface area contributed by atoms with E-state index in [9.17, 15) is 14.7 Å². The Hall–Kier alpha value is -0.400. The van der Waals surface area contributed by atoms with Gasteiger partial charge in [-0.15, -0.1) is 0 Å². The number of rotatable bonds is 4. The Morgan fingerprint density at radius 2 is 1.96 bits per heavy atom. The van der Waals surface area contributed by atoms with Crippen molar-refractivity contribution in [3.8, 4) is 0 Å². The maximum Gasteiger partial charge on any atom is 0.309 e. The van der Waals surface area contributed by atoms with Crippen LogP contribution in [0.15, 0.2) is 0 Å². The molecule has 0 aliphatic carbocycles. The van der Waals surface area contributed by atoms with E-state index in [0.29, 0.717) is 24.7 Å². The molecule has 1 N–H and O–H groups in total. The molecule has 1 amide bonds. The molecule has 5 nitrogen and oxygen atoms in total. The highest BCUT2D eigenvalue weighted by molar-refractivity contribution is 8.06. The molecule has 3 atom stereocenters. The Bertz CT molecular complexity index is 434. The maximum atomic E-state index is 12.4. The third kappa shape index (κ3) is 4.37. The van der Waals surface area contributed by atoms with Crippen molar-refractivity contribution in [2.24, 2.45) is 11.8 Å². The average Bonchev–Trinajstić information content (AvgIpc) is 3.06. The largest absolute Gasteiger partial charge is 0.481 e. The number of carbonyl (C=O) groups is 2. The number of ether oxygens (including phenoxy) is 1.